The van der Waals surface area contributed by atoms with Crippen molar-refractivity contribution in [3.05, 3.63) is 30.5 Å². The standard InChI is InChI=1S/C8H6N2O3/c11-8(12)6-7(13-4-10-6)5-1-2-9-3-5/h1-4,9H,(H,11,12). The Morgan fingerprint density at radius 1 is 1.62 bits per heavy atom. The van der Waals surface area contributed by atoms with Crippen LogP contribution in [0, 0.1) is 0 Å². The molecule has 2 aromatic rings. The summed E-state index contributed by atoms with van der Waals surface area (Å²) in [5, 5.41) is 8.72. The summed E-state index contributed by atoms with van der Waals surface area (Å²) in [6, 6.07) is 1.72. The molecule has 2 heterocycles. The number of H-pyrrole nitrogens is 1. The van der Waals surface area contributed by atoms with Crippen molar-refractivity contribution in [2.24, 2.45) is 0 Å². The van der Waals surface area contributed by atoms with Gasteiger partial charge in [0.05, 0.1) is 0 Å². The van der Waals surface area contributed by atoms with Gasteiger partial charge in [-0.25, -0.2) is 9.78 Å². The van der Waals surface area contributed by atoms with E-state index < -0.39 is 5.97 Å². The molecule has 0 spiro atoms. The van der Waals surface area contributed by atoms with E-state index in [9.17, 15) is 4.79 Å². The first-order valence-corrected chi connectivity index (χ1v) is 3.59. The van der Waals surface area contributed by atoms with Crippen LogP contribution in [-0.2, 0) is 0 Å². The Labute approximate surface area is 73.0 Å². The second-order valence-corrected chi connectivity index (χ2v) is 2.43. The third kappa shape index (κ3) is 1.20. The van der Waals surface area contributed by atoms with Crippen molar-refractivity contribution in [2.75, 3.05) is 0 Å². The van der Waals surface area contributed by atoms with Crippen LogP contribution in [0.5, 0.6) is 0 Å². The normalized spacial score (nSPS) is 10.2. The average Bonchev–Trinajstić information content (AvgIpc) is 2.74. The molecule has 0 unspecified atom stereocenters. The first-order chi connectivity index (χ1) is 6.29. The highest BCUT2D eigenvalue weighted by atomic mass is 16.4. The van der Waals surface area contributed by atoms with Crippen LogP contribution in [-0.4, -0.2) is 21.0 Å². The molecule has 0 radical (unpaired) electrons. The number of rotatable bonds is 2. The Kier molecular flexibility index (Phi) is 1.63. The molecule has 5 nitrogen and oxygen atoms in total. The number of aromatic carboxylic acids is 1. The fourth-order valence-electron chi connectivity index (χ4n) is 1.07. The Morgan fingerprint density at radius 2 is 2.46 bits per heavy atom. The van der Waals surface area contributed by atoms with E-state index in [1.165, 1.54) is 0 Å². The Balaban J connectivity index is 2.52. The number of carboxylic acid groups (broad SMARTS) is 1. The van der Waals surface area contributed by atoms with E-state index in [0.717, 1.165) is 6.39 Å². The number of hydrogen-bond acceptors (Lipinski definition) is 3. The van der Waals surface area contributed by atoms with Gasteiger partial charge in [0.1, 0.15) is 0 Å². The predicted octanol–water partition coefficient (Wildman–Crippen LogP) is 1.37. The molecule has 2 rings (SSSR count). The molecule has 13 heavy (non-hydrogen) atoms. The number of carboxylic acids is 1. The lowest BCUT2D eigenvalue weighted by molar-refractivity contribution is 0.0691. The minimum Gasteiger partial charge on any atom is -0.476 e. The maximum absolute atomic E-state index is 10.6. The molecule has 0 bridgehead atoms. The van der Waals surface area contributed by atoms with Gasteiger partial charge in [-0.2, -0.15) is 0 Å². The molecular weight excluding hydrogens is 172 g/mol. The summed E-state index contributed by atoms with van der Waals surface area (Å²) in [4.78, 5) is 17.0. The van der Waals surface area contributed by atoms with E-state index in [4.69, 9.17) is 9.52 Å². The zero-order valence-electron chi connectivity index (χ0n) is 6.52. The summed E-state index contributed by atoms with van der Waals surface area (Å²) in [6.07, 6.45) is 4.45. The lowest BCUT2D eigenvalue weighted by atomic mass is 10.2. The van der Waals surface area contributed by atoms with Gasteiger partial charge in [-0.3, -0.25) is 0 Å². The molecule has 2 N–H and O–H groups in total. The summed E-state index contributed by atoms with van der Waals surface area (Å²) in [6.45, 7) is 0. The molecule has 5 heteroatoms. The van der Waals surface area contributed by atoms with Gasteiger partial charge in [-0.05, 0) is 6.07 Å². The molecule has 0 aliphatic carbocycles. The SMILES string of the molecule is O=C(O)c1ncoc1-c1cc[nH]c1. The molecule has 2 aromatic heterocycles. The molecular formula is C8H6N2O3. The van der Waals surface area contributed by atoms with Crippen molar-refractivity contribution in [3.8, 4) is 11.3 Å². The van der Waals surface area contributed by atoms with Gasteiger partial charge in [-0.1, -0.05) is 0 Å². The van der Waals surface area contributed by atoms with Crippen LogP contribution in [0.4, 0.5) is 0 Å². The van der Waals surface area contributed by atoms with Crippen LogP contribution in [0.3, 0.4) is 0 Å². The lowest BCUT2D eigenvalue weighted by Crippen LogP contribution is -1.97. The van der Waals surface area contributed by atoms with Gasteiger partial charge < -0.3 is 14.5 Å². The molecule has 0 aliphatic rings. The van der Waals surface area contributed by atoms with E-state index >= 15 is 0 Å². The zero-order chi connectivity index (χ0) is 9.26. The third-order valence-corrected chi connectivity index (χ3v) is 1.63. The quantitative estimate of drug-likeness (QED) is 0.727. The van der Waals surface area contributed by atoms with E-state index in [-0.39, 0.29) is 11.5 Å². The summed E-state index contributed by atoms with van der Waals surface area (Å²) in [5.41, 5.74) is 0.606. The predicted molar refractivity (Wildman–Crippen MR) is 43.2 cm³/mol. The Hall–Kier alpha value is -2.04. The number of nitrogens with zero attached hydrogens (tertiary/aromatic N) is 1. The van der Waals surface area contributed by atoms with Gasteiger partial charge in [0.15, 0.2) is 17.8 Å². The number of aromatic amines is 1. The average molecular weight is 178 g/mol. The van der Waals surface area contributed by atoms with E-state index in [1.54, 1.807) is 18.5 Å². The van der Waals surface area contributed by atoms with Gasteiger partial charge >= 0.3 is 5.97 Å². The number of nitrogens with one attached hydrogen (secondary N) is 1. The fourth-order valence-corrected chi connectivity index (χ4v) is 1.07. The van der Waals surface area contributed by atoms with Crippen LogP contribution in [0.1, 0.15) is 10.5 Å². The van der Waals surface area contributed by atoms with Gasteiger partial charge in [0.25, 0.3) is 0 Å². The van der Waals surface area contributed by atoms with Crippen LogP contribution in [0.2, 0.25) is 0 Å². The summed E-state index contributed by atoms with van der Waals surface area (Å²) in [5.74, 6) is -0.821. The molecule has 0 saturated heterocycles. The number of hydrogen-bond donors (Lipinski definition) is 2. The molecule has 66 valence electrons. The topological polar surface area (TPSA) is 79.1 Å². The van der Waals surface area contributed by atoms with Gasteiger partial charge in [0, 0.05) is 18.0 Å². The van der Waals surface area contributed by atoms with Crippen LogP contribution in [0.15, 0.2) is 29.3 Å². The second-order valence-electron chi connectivity index (χ2n) is 2.43. The Bertz CT molecular complexity index is 416. The highest BCUT2D eigenvalue weighted by Gasteiger charge is 2.16. The monoisotopic (exact) mass is 178 g/mol. The highest BCUT2D eigenvalue weighted by molar-refractivity contribution is 5.91. The number of carbonyl (C=O) groups is 1. The third-order valence-electron chi connectivity index (χ3n) is 1.63. The largest absolute Gasteiger partial charge is 0.476 e. The lowest BCUT2D eigenvalue weighted by Gasteiger charge is -1.91. The van der Waals surface area contributed by atoms with Crippen LogP contribution in [0.25, 0.3) is 11.3 Å². The van der Waals surface area contributed by atoms with Crippen LogP contribution >= 0.6 is 0 Å². The maximum Gasteiger partial charge on any atom is 0.358 e. The fraction of sp³-hybridized carbons (Fsp3) is 0. The van der Waals surface area contributed by atoms with Crippen molar-refractivity contribution < 1.29 is 14.3 Å². The summed E-state index contributed by atoms with van der Waals surface area (Å²) >= 11 is 0. The first-order valence-electron chi connectivity index (χ1n) is 3.59. The number of aromatic nitrogens is 2. The van der Waals surface area contributed by atoms with Crippen molar-refractivity contribution >= 4 is 5.97 Å². The van der Waals surface area contributed by atoms with Crippen molar-refractivity contribution in [3.63, 3.8) is 0 Å². The van der Waals surface area contributed by atoms with Crippen molar-refractivity contribution in [1.29, 1.82) is 0 Å². The zero-order valence-corrected chi connectivity index (χ0v) is 6.52. The van der Waals surface area contributed by atoms with Crippen molar-refractivity contribution in [1.82, 2.24) is 9.97 Å². The molecule has 0 aliphatic heterocycles. The Morgan fingerprint density at radius 3 is 3.08 bits per heavy atom. The molecule has 0 amide bonds. The van der Waals surface area contributed by atoms with Crippen LogP contribution < -0.4 is 0 Å². The minimum absolute atomic E-state index is 0.0698. The minimum atomic E-state index is -1.09. The molecule has 0 saturated carbocycles. The summed E-state index contributed by atoms with van der Waals surface area (Å²) < 4.78 is 4.96. The molecule has 0 atom stereocenters. The first kappa shape index (κ1) is 7.60. The highest BCUT2D eigenvalue weighted by Crippen LogP contribution is 2.21. The maximum atomic E-state index is 10.6. The molecule has 0 fully saturated rings. The molecule has 0 aromatic carbocycles. The van der Waals surface area contributed by atoms with Crippen molar-refractivity contribution in [2.45, 2.75) is 0 Å². The smallest absolute Gasteiger partial charge is 0.358 e. The summed E-state index contributed by atoms with van der Waals surface area (Å²) in [7, 11) is 0. The second kappa shape index (κ2) is 2.78. The number of oxazole rings is 1. The van der Waals surface area contributed by atoms with Gasteiger partial charge in [0.2, 0.25) is 0 Å². The van der Waals surface area contributed by atoms with E-state index in [2.05, 4.69) is 9.97 Å². The van der Waals surface area contributed by atoms with E-state index in [1.807, 2.05) is 0 Å². The van der Waals surface area contributed by atoms with E-state index in [0.29, 0.717) is 5.56 Å². The van der Waals surface area contributed by atoms with Gasteiger partial charge in [-0.15, -0.1) is 0 Å².